The van der Waals surface area contributed by atoms with Gasteiger partial charge in [-0.1, -0.05) is 23.7 Å². The van der Waals surface area contributed by atoms with Crippen molar-refractivity contribution in [2.45, 2.75) is 11.4 Å². The van der Waals surface area contributed by atoms with Crippen LogP contribution in [0.15, 0.2) is 52.0 Å². The highest BCUT2D eigenvalue weighted by molar-refractivity contribution is 8.00. The molecular weight excluding hydrogens is 282 g/mol. The first-order chi connectivity index (χ1) is 9.16. The molecule has 0 N–H and O–H groups in total. The number of furan rings is 1. The number of carbonyl (C=O) groups excluding carboxylic acids is 1. The number of rotatable bonds is 5. The van der Waals surface area contributed by atoms with Crippen LogP contribution in [-0.4, -0.2) is 23.6 Å². The van der Waals surface area contributed by atoms with E-state index in [2.05, 4.69) is 0 Å². The molecule has 0 saturated carbocycles. The van der Waals surface area contributed by atoms with Crippen molar-refractivity contribution in [1.29, 1.82) is 0 Å². The van der Waals surface area contributed by atoms with Crippen LogP contribution in [-0.2, 0) is 11.3 Å². The lowest BCUT2D eigenvalue weighted by Crippen LogP contribution is -2.27. The first kappa shape index (κ1) is 14.0. The van der Waals surface area contributed by atoms with Crippen LogP contribution in [0.1, 0.15) is 5.76 Å². The largest absolute Gasteiger partial charge is 0.467 e. The molecule has 0 aliphatic carbocycles. The smallest absolute Gasteiger partial charge is 0.233 e. The van der Waals surface area contributed by atoms with E-state index in [1.54, 1.807) is 18.2 Å². The third-order valence-corrected chi connectivity index (χ3v) is 4.09. The van der Waals surface area contributed by atoms with Crippen LogP contribution in [0.3, 0.4) is 0 Å². The second kappa shape index (κ2) is 6.68. The molecule has 0 bridgehead atoms. The first-order valence-corrected chi connectivity index (χ1v) is 7.17. The Labute approximate surface area is 121 Å². The number of nitrogens with zero attached hydrogens (tertiary/aromatic N) is 1. The standard InChI is InChI=1S/C14H14ClNO2S/c1-16(9-11-5-4-8-18-11)14(17)10-19-13-7-3-2-6-12(13)15/h2-8H,9-10H2,1H3. The van der Waals surface area contributed by atoms with Gasteiger partial charge in [-0.25, -0.2) is 0 Å². The summed E-state index contributed by atoms with van der Waals surface area (Å²) >= 11 is 7.48. The molecule has 100 valence electrons. The van der Waals surface area contributed by atoms with Crippen LogP contribution in [0, 0.1) is 0 Å². The average molecular weight is 296 g/mol. The molecule has 0 saturated heterocycles. The van der Waals surface area contributed by atoms with Gasteiger partial charge in [-0.15, -0.1) is 11.8 Å². The number of hydrogen-bond acceptors (Lipinski definition) is 3. The summed E-state index contributed by atoms with van der Waals surface area (Å²) in [6.45, 7) is 0.481. The first-order valence-electron chi connectivity index (χ1n) is 5.80. The van der Waals surface area contributed by atoms with Gasteiger partial charge in [0.05, 0.1) is 23.6 Å². The molecule has 0 unspecified atom stereocenters. The van der Waals surface area contributed by atoms with Gasteiger partial charge in [0.1, 0.15) is 5.76 Å². The third-order valence-electron chi connectivity index (χ3n) is 2.59. The van der Waals surface area contributed by atoms with Crippen molar-refractivity contribution in [3.63, 3.8) is 0 Å². The summed E-state index contributed by atoms with van der Waals surface area (Å²) in [7, 11) is 1.76. The summed E-state index contributed by atoms with van der Waals surface area (Å²) in [5, 5.41) is 0.675. The van der Waals surface area contributed by atoms with Gasteiger partial charge in [-0.2, -0.15) is 0 Å². The van der Waals surface area contributed by atoms with Gasteiger partial charge in [0.25, 0.3) is 0 Å². The van der Waals surface area contributed by atoms with Crippen LogP contribution >= 0.6 is 23.4 Å². The molecule has 3 nitrogen and oxygen atoms in total. The highest BCUT2D eigenvalue weighted by Gasteiger charge is 2.11. The number of benzene rings is 1. The highest BCUT2D eigenvalue weighted by Crippen LogP contribution is 2.26. The fourth-order valence-electron chi connectivity index (χ4n) is 1.54. The molecule has 1 aromatic heterocycles. The van der Waals surface area contributed by atoms with Crippen LogP contribution in [0.5, 0.6) is 0 Å². The second-order valence-corrected chi connectivity index (χ2v) is 5.47. The zero-order valence-electron chi connectivity index (χ0n) is 10.5. The molecule has 19 heavy (non-hydrogen) atoms. The summed E-state index contributed by atoms with van der Waals surface area (Å²) in [6, 6.07) is 11.2. The molecule has 0 aliphatic rings. The van der Waals surface area contributed by atoms with Gasteiger partial charge >= 0.3 is 0 Å². The van der Waals surface area contributed by atoms with E-state index in [0.29, 0.717) is 17.3 Å². The fourth-order valence-corrected chi connectivity index (χ4v) is 2.72. The Bertz CT molecular complexity index is 542. The molecule has 5 heteroatoms. The lowest BCUT2D eigenvalue weighted by atomic mass is 10.4. The van der Waals surface area contributed by atoms with Crippen LogP contribution in [0.2, 0.25) is 5.02 Å². The molecule has 0 atom stereocenters. The number of thioether (sulfide) groups is 1. The maximum Gasteiger partial charge on any atom is 0.233 e. The van der Waals surface area contributed by atoms with E-state index in [0.717, 1.165) is 10.7 Å². The molecule has 2 aromatic rings. The van der Waals surface area contributed by atoms with E-state index in [9.17, 15) is 4.79 Å². The number of carbonyl (C=O) groups is 1. The van der Waals surface area contributed by atoms with Gasteiger partial charge in [0, 0.05) is 11.9 Å². The van der Waals surface area contributed by atoms with Crippen molar-refractivity contribution >= 4 is 29.3 Å². The minimum Gasteiger partial charge on any atom is -0.467 e. The Hall–Kier alpha value is -1.39. The van der Waals surface area contributed by atoms with Gasteiger partial charge < -0.3 is 9.32 Å². The molecular formula is C14H14ClNO2S. The lowest BCUT2D eigenvalue weighted by molar-refractivity contribution is -0.127. The molecule has 1 amide bonds. The Morgan fingerprint density at radius 3 is 2.79 bits per heavy atom. The van der Waals surface area contributed by atoms with E-state index in [1.165, 1.54) is 11.8 Å². The Morgan fingerprint density at radius 2 is 2.11 bits per heavy atom. The Morgan fingerprint density at radius 1 is 1.32 bits per heavy atom. The van der Waals surface area contributed by atoms with Crippen molar-refractivity contribution in [3.8, 4) is 0 Å². The topological polar surface area (TPSA) is 33.5 Å². The monoisotopic (exact) mass is 295 g/mol. The van der Waals surface area contributed by atoms with Crippen molar-refractivity contribution in [2.75, 3.05) is 12.8 Å². The molecule has 0 aliphatic heterocycles. The molecule has 2 rings (SSSR count). The highest BCUT2D eigenvalue weighted by atomic mass is 35.5. The van der Waals surface area contributed by atoms with Gasteiger partial charge in [-0.3, -0.25) is 4.79 Å². The molecule has 0 spiro atoms. The van der Waals surface area contributed by atoms with Gasteiger partial charge in [0.15, 0.2) is 0 Å². The van der Waals surface area contributed by atoms with Gasteiger partial charge in [0.2, 0.25) is 5.91 Å². The predicted octanol–water partition coefficient (Wildman–Crippen LogP) is 3.68. The quantitative estimate of drug-likeness (QED) is 0.789. The van der Waals surface area contributed by atoms with Crippen LogP contribution in [0.25, 0.3) is 0 Å². The van der Waals surface area contributed by atoms with E-state index in [4.69, 9.17) is 16.0 Å². The normalized spacial score (nSPS) is 10.4. The molecule has 0 radical (unpaired) electrons. The zero-order valence-corrected chi connectivity index (χ0v) is 12.1. The predicted molar refractivity (Wildman–Crippen MR) is 77.4 cm³/mol. The molecule has 1 aromatic carbocycles. The van der Waals surface area contributed by atoms with Crippen LogP contribution in [0.4, 0.5) is 0 Å². The van der Waals surface area contributed by atoms with Crippen molar-refractivity contribution < 1.29 is 9.21 Å². The van der Waals surface area contributed by atoms with E-state index in [-0.39, 0.29) is 5.91 Å². The van der Waals surface area contributed by atoms with E-state index >= 15 is 0 Å². The lowest BCUT2D eigenvalue weighted by Gasteiger charge is -2.15. The van der Waals surface area contributed by atoms with Crippen molar-refractivity contribution in [2.24, 2.45) is 0 Å². The third kappa shape index (κ3) is 4.04. The SMILES string of the molecule is CN(Cc1ccco1)C(=O)CSc1ccccc1Cl. The molecule has 0 fully saturated rings. The fraction of sp³-hybridized carbons (Fsp3) is 0.214. The van der Waals surface area contributed by atoms with Gasteiger partial charge in [-0.05, 0) is 24.3 Å². The van der Waals surface area contributed by atoms with Crippen molar-refractivity contribution in [1.82, 2.24) is 4.90 Å². The Balaban J connectivity index is 1.86. The van der Waals surface area contributed by atoms with E-state index in [1.807, 2.05) is 36.4 Å². The number of amides is 1. The Kier molecular flexibility index (Phi) is 4.93. The minimum atomic E-state index is 0.0429. The summed E-state index contributed by atoms with van der Waals surface area (Å²) in [5.74, 6) is 1.18. The maximum atomic E-state index is 12.0. The number of hydrogen-bond donors (Lipinski definition) is 0. The summed E-state index contributed by atoms with van der Waals surface area (Å²) in [6.07, 6.45) is 1.60. The minimum absolute atomic E-state index is 0.0429. The number of halogens is 1. The second-order valence-electron chi connectivity index (χ2n) is 4.05. The van der Waals surface area contributed by atoms with Crippen molar-refractivity contribution in [3.05, 3.63) is 53.4 Å². The summed E-state index contributed by atoms with van der Waals surface area (Å²) in [4.78, 5) is 14.5. The average Bonchev–Trinajstić information content (AvgIpc) is 2.90. The maximum absolute atomic E-state index is 12.0. The molecule has 1 heterocycles. The summed E-state index contributed by atoms with van der Waals surface area (Å²) in [5.41, 5.74) is 0. The zero-order chi connectivity index (χ0) is 13.7. The van der Waals surface area contributed by atoms with Crippen LogP contribution < -0.4 is 0 Å². The van der Waals surface area contributed by atoms with E-state index < -0.39 is 0 Å². The summed E-state index contributed by atoms with van der Waals surface area (Å²) < 4.78 is 5.21.